The lowest BCUT2D eigenvalue weighted by molar-refractivity contribution is 0.212. The Kier molecular flexibility index (Phi) is 4.40. The number of aliphatic hydroxyl groups is 1. The van der Waals surface area contributed by atoms with Crippen LogP contribution in [0.1, 0.15) is 40.8 Å². The van der Waals surface area contributed by atoms with Crippen LogP contribution in [0.15, 0.2) is 30.6 Å². The van der Waals surface area contributed by atoms with E-state index in [4.69, 9.17) is 4.74 Å². The SMILES string of the molecule is CCc1cnccc1C(O)c1c(C)cc(C)cc1OC. The van der Waals surface area contributed by atoms with E-state index in [0.717, 1.165) is 40.0 Å². The maximum Gasteiger partial charge on any atom is 0.125 e. The summed E-state index contributed by atoms with van der Waals surface area (Å²) in [5.74, 6) is 0.730. The van der Waals surface area contributed by atoms with Gasteiger partial charge in [-0.2, -0.15) is 0 Å². The van der Waals surface area contributed by atoms with Crippen molar-refractivity contribution in [2.45, 2.75) is 33.3 Å². The summed E-state index contributed by atoms with van der Waals surface area (Å²) < 4.78 is 5.45. The summed E-state index contributed by atoms with van der Waals surface area (Å²) >= 11 is 0. The lowest BCUT2D eigenvalue weighted by Gasteiger charge is -2.20. The summed E-state index contributed by atoms with van der Waals surface area (Å²) in [4.78, 5) is 4.13. The number of aryl methyl sites for hydroxylation is 3. The number of hydrogen-bond acceptors (Lipinski definition) is 3. The topological polar surface area (TPSA) is 42.4 Å². The van der Waals surface area contributed by atoms with Gasteiger partial charge in [-0.05, 0) is 54.7 Å². The van der Waals surface area contributed by atoms with E-state index < -0.39 is 6.10 Å². The molecule has 1 unspecified atom stereocenters. The van der Waals surface area contributed by atoms with E-state index in [1.807, 2.05) is 32.2 Å². The molecule has 0 aliphatic heterocycles. The highest BCUT2D eigenvalue weighted by Crippen LogP contribution is 2.34. The van der Waals surface area contributed by atoms with E-state index in [1.165, 1.54) is 0 Å². The first-order valence-electron chi connectivity index (χ1n) is 6.84. The van der Waals surface area contributed by atoms with Crippen LogP contribution in [0.3, 0.4) is 0 Å². The quantitative estimate of drug-likeness (QED) is 0.927. The van der Waals surface area contributed by atoms with Crippen LogP contribution in [0.2, 0.25) is 0 Å². The highest BCUT2D eigenvalue weighted by atomic mass is 16.5. The van der Waals surface area contributed by atoms with Crippen molar-refractivity contribution < 1.29 is 9.84 Å². The first-order chi connectivity index (χ1) is 9.58. The van der Waals surface area contributed by atoms with Crippen LogP contribution in [0, 0.1) is 13.8 Å². The van der Waals surface area contributed by atoms with Crippen molar-refractivity contribution in [1.82, 2.24) is 4.98 Å². The highest BCUT2D eigenvalue weighted by molar-refractivity contribution is 5.48. The molecule has 0 saturated carbocycles. The summed E-state index contributed by atoms with van der Waals surface area (Å²) in [6.45, 7) is 6.09. The molecular formula is C17H21NO2. The average molecular weight is 271 g/mol. The van der Waals surface area contributed by atoms with Crippen molar-refractivity contribution in [3.8, 4) is 5.75 Å². The third kappa shape index (κ3) is 2.68. The maximum atomic E-state index is 10.8. The molecule has 0 spiro atoms. The van der Waals surface area contributed by atoms with Gasteiger partial charge in [0.2, 0.25) is 0 Å². The Balaban J connectivity index is 2.56. The van der Waals surface area contributed by atoms with Crippen molar-refractivity contribution in [1.29, 1.82) is 0 Å². The molecule has 3 heteroatoms. The molecule has 0 amide bonds. The number of rotatable bonds is 4. The maximum absolute atomic E-state index is 10.8. The Labute approximate surface area is 120 Å². The predicted molar refractivity (Wildman–Crippen MR) is 80.1 cm³/mol. The molecule has 1 aromatic carbocycles. The van der Waals surface area contributed by atoms with Crippen LogP contribution >= 0.6 is 0 Å². The Hall–Kier alpha value is -1.87. The molecule has 0 saturated heterocycles. The number of nitrogens with zero attached hydrogens (tertiary/aromatic N) is 1. The molecule has 2 aromatic rings. The zero-order valence-electron chi connectivity index (χ0n) is 12.5. The third-order valence-electron chi connectivity index (χ3n) is 3.60. The molecule has 1 atom stereocenters. The molecular weight excluding hydrogens is 250 g/mol. The van der Waals surface area contributed by atoms with E-state index >= 15 is 0 Å². The van der Waals surface area contributed by atoms with Crippen LogP contribution in [0.4, 0.5) is 0 Å². The van der Waals surface area contributed by atoms with Gasteiger partial charge in [-0.15, -0.1) is 0 Å². The highest BCUT2D eigenvalue weighted by Gasteiger charge is 2.20. The van der Waals surface area contributed by atoms with Crippen molar-refractivity contribution in [3.63, 3.8) is 0 Å². The zero-order valence-corrected chi connectivity index (χ0v) is 12.5. The average Bonchev–Trinajstić information content (AvgIpc) is 2.45. The van der Waals surface area contributed by atoms with Crippen molar-refractivity contribution in [3.05, 3.63) is 58.4 Å². The van der Waals surface area contributed by atoms with Gasteiger partial charge in [-0.3, -0.25) is 4.98 Å². The smallest absolute Gasteiger partial charge is 0.125 e. The summed E-state index contributed by atoms with van der Waals surface area (Å²) in [5, 5.41) is 10.8. The Morgan fingerprint density at radius 3 is 2.70 bits per heavy atom. The van der Waals surface area contributed by atoms with Gasteiger partial charge in [-0.25, -0.2) is 0 Å². The first kappa shape index (κ1) is 14.5. The Bertz CT molecular complexity index is 608. The first-order valence-corrected chi connectivity index (χ1v) is 6.84. The largest absolute Gasteiger partial charge is 0.496 e. The van der Waals surface area contributed by atoms with E-state index in [1.54, 1.807) is 13.3 Å². The van der Waals surface area contributed by atoms with Crippen LogP contribution in [-0.2, 0) is 6.42 Å². The molecule has 0 fully saturated rings. The second-order valence-electron chi connectivity index (χ2n) is 5.03. The molecule has 1 N–H and O–H groups in total. The fraction of sp³-hybridized carbons (Fsp3) is 0.353. The third-order valence-corrected chi connectivity index (χ3v) is 3.60. The van der Waals surface area contributed by atoms with Crippen molar-refractivity contribution in [2.75, 3.05) is 7.11 Å². The second kappa shape index (κ2) is 6.06. The fourth-order valence-corrected chi connectivity index (χ4v) is 2.61. The monoisotopic (exact) mass is 271 g/mol. The van der Waals surface area contributed by atoms with Gasteiger partial charge < -0.3 is 9.84 Å². The number of pyridine rings is 1. The molecule has 0 aliphatic rings. The van der Waals surface area contributed by atoms with Gasteiger partial charge in [0.25, 0.3) is 0 Å². The van der Waals surface area contributed by atoms with E-state index in [9.17, 15) is 5.11 Å². The molecule has 1 heterocycles. The minimum absolute atomic E-state index is 0.691. The van der Waals surface area contributed by atoms with Crippen LogP contribution in [-0.4, -0.2) is 17.2 Å². The number of methoxy groups -OCH3 is 1. The van der Waals surface area contributed by atoms with Crippen LogP contribution < -0.4 is 4.74 Å². The summed E-state index contributed by atoms with van der Waals surface area (Å²) in [5.41, 5.74) is 4.95. The van der Waals surface area contributed by atoms with Gasteiger partial charge in [0.15, 0.2) is 0 Å². The van der Waals surface area contributed by atoms with E-state index in [0.29, 0.717) is 0 Å². The summed E-state index contributed by atoms with van der Waals surface area (Å²) in [6, 6.07) is 5.90. The molecule has 0 bridgehead atoms. The summed E-state index contributed by atoms with van der Waals surface area (Å²) in [7, 11) is 1.64. The molecule has 20 heavy (non-hydrogen) atoms. The van der Waals surface area contributed by atoms with Crippen molar-refractivity contribution >= 4 is 0 Å². The lowest BCUT2D eigenvalue weighted by Crippen LogP contribution is -2.08. The van der Waals surface area contributed by atoms with Gasteiger partial charge in [0, 0.05) is 18.0 Å². The number of aromatic nitrogens is 1. The lowest BCUT2D eigenvalue weighted by atomic mass is 9.92. The van der Waals surface area contributed by atoms with E-state index in [-0.39, 0.29) is 0 Å². The van der Waals surface area contributed by atoms with Crippen LogP contribution in [0.5, 0.6) is 5.75 Å². The standard InChI is InChI=1S/C17H21NO2/c1-5-13-10-18-7-6-14(13)17(19)16-12(3)8-11(2)9-15(16)20-4/h6-10,17,19H,5H2,1-4H3. The van der Waals surface area contributed by atoms with Gasteiger partial charge in [0.05, 0.1) is 7.11 Å². The minimum Gasteiger partial charge on any atom is -0.496 e. The Morgan fingerprint density at radius 1 is 1.30 bits per heavy atom. The summed E-state index contributed by atoms with van der Waals surface area (Å²) in [6.07, 6.45) is 3.68. The van der Waals surface area contributed by atoms with Gasteiger partial charge in [-0.1, -0.05) is 13.0 Å². The van der Waals surface area contributed by atoms with Gasteiger partial charge in [0.1, 0.15) is 11.9 Å². The number of hydrogen-bond donors (Lipinski definition) is 1. The molecule has 3 nitrogen and oxygen atoms in total. The Morgan fingerprint density at radius 2 is 2.05 bits per heavy atom. The van der Waals surface area contributed by atoms with Crippen molar-refractivity contribution in [2.24, 2.45) is 0 Å². The zero-order chi connectivity index (χ0) is 14.7. The number of benzene rings is 1. The molecule has 2 rings (SSSR count). The number of aliphatic hydroxyl groups excluding tert-OH is 1. The molecule has 106 valence electrons. The normalized spacial score (nSPS) is 12.2. The van der Waals surface area contributed by atoms with Gasteiger partial charge >= 0.3 is 0 Å². The second-order valence-corrected chi connectivity index (χ2v) is 5.03. The molecule has 0 aliphatic carbocycles. The number of ether oxygens (including phenoxy) is 1. The predicted octanol–water partition coefficient (Wildman–Crippen LogP) is 3.35. The molecule has 1 aromatic heterocycles. The minimum atomic E-state index is -0.691. The van der Waals surface area contributed by atoms with E-state index in [2.05, 4.69) is 18.0 Å². The van der Waals surface area contributed by atoms with Crippen LogP contribution in [0.25, 0.3) is 0 Å². The molecule has 0 radical (unpaired) electrons. The fourth-order valence-electron chi connectivity index (χ4n) is 2.61.